The second-order valence-electron chi connectivity index (χ2n) is 5.11. The van der Waals surface area contributed by atoms with Crippen LogP contribution in [0.5, 0.6) is 17.2 Å². The monoisotopic (exact) mass is 356 g/mol. The van der Waals surface area contributed by atoms with Crippen molar-refractivity contribution in [2.75, 3.05) is 21.3 Å². The highest BCUT2D eigenvalue weighted by molar-refractivity contribution is 5.98. The topological polar surface area (TPSA) is 108 Å². The van der Waals surface area contributed by atoms with Crippen molar-refractivity contribution in [3.63, 3.8) is 0 Å². The summed E-state index contributed by atoms with van der Waals surface area (Å²) < 4.78 is 20.4. The molecule has 1 N–H and O–H groups in total. The van der Waals surface area contributed by atoms with Crippen LogP contribution in [0.4, 0.5) is 0 Å². The highest BCUT2D eigenvalue weighted by Crippen LogP contribution is 2.32. The smallest absolute Gasteiger partial charge is 0.271 e. The molecule has 0 aliphatic rings. The minimum atomic E-state index is -0.405. The van der Waals surface area contributed by atoms with Crippen LogP contribution in [-0.2, 0) is 0 Å². The first-order chi connectivity index (χ1) is 12.7. The lowest BCUT2D eigenvalue weighted by Gasteiger charge is -2.12. The molecule has 0 unspecified atom stereocenters. The molecular weight excluding hydrogens is 340 g/mol. The van der Waals surface area contributed by atoms with Gasteiger partial charge in [0.15, 0.2) is 0 Å². The quantitative estimate of drug-likeness (QED) is 0.531. The van der Waals surface area contributed by atoms with Gasteiger partial charge in [-0.3, -0.25) is 4.79 Å². The maximum Gasteiger partial charge on any atom is 0.271 e. The van der Waals surface area contributed by atoms with Crippen molar-refractivity contribution in [2.45, 2.75) is 0 Å². The van der Waals surface area contributed by atoms with E-state index < -0.39 is 5.91 Å². The van der Waals surface area contributed by atoms with E-state index in [0.29, 0.717) is 39.4 Å². The summed E-state index contributed by atoms with van der Waals surface area (Å²) in [6, 6.07) is 8.19. The molecule has 3 rings (SSSR count). The molecule has 1 heterocycles. The second kappa shape index (κ2) is 7.51. The second-order valence-corrected chi connectivity index (χ2v) is 5.11. The van der Waals surface area contributed by atoms with Crippen LogP contribution in [0.2, 0.25) is 0 Å². The van der Waals surface area contributed by atoms with E-state index in [1.54, 1.807) is 37.4 Å². The SMILES string of the molecule is COc1cc(OC)c(/C=N/NC(=O)c2ccc3nonc3c2)c(OC)c1. The Morgan fingerprint density at radius 1 is 1.04 bits per heavy atom. The number of nitrogens with zero attached hydrogens (tertiary/aromatic N) is 3. The summed E-state index contributed by atoms with van der Waals surface area (Å²) in [6.07, 6.45) is 1.44. The van der Waals surface area contributed by atoms with Crippen molar-refractivity contribution in [2.24, 2.45) is 5.10 Å². The zero-order chi connectivity index (χ0) is 18.5. The number of fused-ring (bicyclic) bond motifs is 1. The number of carbonyl (C=O) groups excluding carboxylic acids is 1. The molecule has 0 spiro atoms. The number of hydrogen-bond acceptors (Lipinski definition) is 8. The van der Waals surface area contributed by atoms with Crippen LogP contribution in [0.15, 0.2) is 40.1 Å². The van der Waals surface area contributed by atoms with Crippen LogP contribution in [-0.4, -0.2) is 43.8 Å². The van der Waals surface area contributed by atoms with Gasteiger partial charge in [0.05, 0.1) is 33.1 Å². The highest BCUT2D eigenvalue weighted by Gasteiger charge is 2.12. The van der Waals surface area contributed by atoms with Crippen LogP contribution in [0.25, 0.3) is 11.0 Å². The molecule has 0 aliphatic carbocycles. The van der Waals surface area contributed by atoms with Crippen molar-refractivity contribution in [3.8, 4) is 17.2 Å². The van der Waals surface area contributed by atoms with E-state index in [1.165, 1.54) is 20.4 Å². The Hall–Kier alpha value is -3.62. The van der Waals surface area contributed by atoms with E-state index >= 15 is 0 Å². The summed E-state index contributed by atoms with van der Waals surface area (Å²) in [4.78, 5) is 12.2. The van der Waals surface area contributed by atoms with Crippen molar-refractivity contribution < 1.29 is 23.6 Å². The normalized spacial score (nSPS) is 10.9. The van der Waals surface area contributed by atoms with Crippen LogP contribution < -0.4 is 19.6 Å². The lowest BCUT2D eigenvalue weighted by molar-refractivity contribution is 0.0955. The fraction of sp³-hybridized carbons (Fsp3) is 0.176. The van der Waals surface area contributed by atoms with Gasteiger partial charge in [0.1, 0.15) is 28.3 Å². The number of hydrazone groups is 1. The van der Waals surface area contributed by atoms with Gasteiger partial charge in [0, 0.05) is 17.7 Å². The molecule has 0 saturated heterocycles. The molecule has 0 radical (unpaired) electrons. The predicted octanol–water partition coefficient (Wildman–Crippen LogP) is 2.01. The third kappa shape index (κ3) is 3.41. The van der Waals surface area contributed by atoms with Gasteiger partial charge in [-0.05, 0) is 28.5 Å². The van der Waals surface area contributed by atoms with Gasteiger partial charge in [0.2, 0.25) is 0 Å². The Bertz CT molecular complexity index is 942. The van der Waals surface area contributed by atoms with Crippen LogP contribution in [0, 0.1) is 0 Å². The first-order valence-corrected chi connectivity index (χ1v) is 7.52. The van der Waals surface area contributed by atoms with Gasteiger partial charge in [-0.15, -0.1) is 0 Å². The summed E-state index contributed by atoms with van der Waals surface area (Å²) in [7, 11) is 4.58. The van der Waals surface area contributed by atoms with E-state index in [-0.39, 0.29) is 0 Å². The van der Waals surface area contributed by atoms with E-state index in [0.717, 1.165) is 0 Å². The molecule has 26 heavy (non-hydrogen) atoms. The molecule has 0 fully saturated rings. The molecule has 0 bridgehead atoms. The molecule has 0 atom stereocenters. The molecule has 9 nitrogen and oxygen atoms in total. The first-order valence-electron chi connectivity index (χ1n) is 7.52. The number of carbonyl (C=O) groups is 1. The summed E-state index contributed by atoms with van der Waals surface area (Å²) in [6.45, 7) is 0. The van der Waals surface area contributed by atoms with Crippen molar-refractivity contribution in [3.05, 3.63) is 41.5 Å². The van der Waals surface area contributed by atoms with E-state index in [1.807, 2.05) is 0 Å². The molecule has 2 aromatic carbocycles. The average molecular weight is 356 g/mol. The van der Waals surface area contributed by atoms with Gasteiger partial charge in [-0.25, -0.2) is 10.1 Å². The number of amides is 1. The zero-order valence-corrected chi connectivity index (χ0v) is 14.3. The maximum absolute atomic E-state index is 12.2. The molecular formula is C17H16N4O5. The average Bonchev–Trinajstić information content (AvgIpc) is 3.15. The largest absolute Gasteiger partial charge is 0.496 e. The standard InChI is InChI=1S/C17H16N4O5/c1-23-11-7-15(24-2)12(16(8-11)25-3)9-18-19-17(22)10-4-5-13-14(6-10)21-26-20-13/h4-9H,1-3H3,(H,19,22)/b18-9+. The Morgan fingerprint density at radius 2 is 1.73 bits per heavy atom. The molecule has 1 aromatic heterocycles. The lowest BCUT2D eigenvalue weighted by Crippen LogP contribution is -2.17. The summed E-state index contributed by atoms with van der Waals surface area (Å²) in [5, 5.41) is 11.4. The van der Waals surface area contributed by atoms with Crippen LogP contribution >= 0.6 is 0 Å². The molecule has 3 aromatic rings. The van der Waals surface area contributed by atoms with Gasteiger partial charge < -0.3 is 14.2 Å². The Morgan fingerprint density at radius 3 is 2.38 bits per heavy atom. The minimum Gasteiger partial charge on any atom is -0.496 e. The van der Waals surface area contributed by atoms with E-state index in [2.05, 4.69) is 25.5 Å². The van der Waals surface area contributed by atoms with Gasteiger partial charge >= 0.3 is 0 Å². The number of benzene rings is 2. The van der Waals surface area contributed by atoms with Gasteiger partial charge in [-0.1, -0.05) is 0 Å². The van der Waals surface area contributed by atoms with Crippen LogP contribution in [0.3, 0.4) is 0 Å². The highest BCUT2D eigenvalue weighted by atomic mass is 16.6. The summed E-state index contributed by atoms with van der Waals surface area (Å²) in [5.74, 6) is 1.16. The molecule has 0 saturated carbocycles. The third-order valence-electron chi connectivity index (χ3n) is 3.63. The molecule has 9 heteroatoms. The Labute approximate surface area is 148 Å². The Kier molecular flexibility index (Phi) is 4.97. The van der Waals surface area contributed by atoms with Crippen molar-refractivity contribution in [1.29, 1.82) is 0 Å². The summed E-state index contributed by atoms with van der Waals surface area (Å²) >= 11 is 0. The van der Waals surface area contributed by atoms with Crippen molar-refractivity contribution in [1.82, 2.24) is 15.7 Å². The lowest BCUT2D eigenvalue weighted by atomic mass is 10.2. The molecule has 134 valence electrons. The Balaban J connectivity index is 1.80. The third-order valence-corrected chi connectivity index (χ3v) is 3.63. The van der Waals surface area contributed by atoms with Crippen LogP contribution in [0.1, 0.15) is 15.9 Å². The number of hydrogen-bond donors (Lipinski definition) is 1. The number of ether oxygens (including phenoxy) is 3. The van der Waals surface area contributed by atoms with Crippen molar-refractivity contribution >= 4 is 23.2 Å². The zero-order valence-electron chi connectivity index (χ0n) is 14.3. The van der Waals surface area contributed by atoms with Gasteiger partial charge in [0.25, 0.3) is 5.91 Å². The van der Waals surface area contributed by atoms with Gasteiger partial charge in [-0.2, -0.15) is 5.10 Å². The fourth-order valence-corrected chi connectivity index (χ4v) is 2.30. The first kappa shape index (κ1) is 17.2. The number of nitrogens with one attached hydrogen (secondary N) is 1. The predicted molar refractivity (Wildman–Crippen MR) is 93.0 cm³/mol. The summed E-state index contributed by atoms with van der Waals surface area (Å²) in [5.41, 5.74) is 4.43. The number of rotatable bonds is 6. The van der Waals surface area contributed by atoms with E-state index in [9.17, 15) is 4.79 Å². The fourth-order valence-electron chi connectivity index (χ4n) is 2.30. The maximum atomic E-state index is 12.2. The molecule has 1 amide bonds. The van der Waals surface area contributed by atoms with E-state index in [4.69, 9.17) is 14.2 Å². The minimum absolute atomic E-state index is 0.374. The molecule has 0 aliphatic heterocycles. The number of aromatic nitrogens is 2. The number of methoxy groups -OCH3 is 3.